The Morgan fingerprint density at radius 2 is 2.06 bits per heavy atom. The van der Waals surface area contributed by atoms with Crippen molar-refractivity contribution in [2.75, 3.05) is 20.3 Å². The number of hydrogen-bond donors (Lipinski definition) is 0. The van der Waals surface area contributed by atoms with E-state index in [0.717, 1.165) is 11.3 Å². The van der Waals surface area contributed by atoms with E-state index in [1.54, 1.807) is 13.2 Å². The first-order valence-electron chi connectivity index (χ1n) is 5.34. The summed E-state index contributed by atoms with van der Waals surface area (Å²) in [5.74, 6) is 1.07. The number of hydrogen-bond acceptors (Lipinski definition) is 3. The van der Waals surface area contributed by atoms with Crippen LogP contribution in [0.3, 0.4) is 0 Å². The standard InChI is InChI=1S/C13H17NO2/c1-10(2)13-5-4-12(8-11(13)9-14)16-7-6-15-3/h4-5,8,10H,6-7H2,1-3H3. The number of methoxy groups -OCH3 is 1. The molecule has 0 aromatic heterocycles. The summed E-state index contributed by atoms with van der Waals surface area (Å²) in [6.45, 7) is 5.19. The van der Waals surface area contributed by atoms with Gasteiger partial charge < -0.3 is 9.47 Å². The predicted octanol–water partition coefficient (Wildman–Crippen LogP) is 2.71. The van der Waals surface area contributed by atoms with Gasteiger partial charge in [-0.15, -0.1) is 0 Å². The second kappa shape index (κ2) is 6.14. The molecule has 0 N–H and O–H groups in total. The monoisotopic (exact) mass is 219 g/mol. The Labute approximate surface area is 96.6 Å². The molecule has 0 aliphatic rings. The summed E-state index contributed by atoms with van der Waals surface area (Å²) in [7, 11) is 1.63. The summed E-state index contributed by atoms with van der Waals surface area (Å²) in [5, 5.41) is 9.03. The minimum absolute atomic E-state index is 0.350. The van der Waals surface area contributed by atoms with Crippen molar-refractivity contribution in [3.8, 4) is 11.8 Å². The molecule has 0 aliphatic carbocycles. The Morgan fingerprint density at radius 1 is 1.31 bits per heavy atom. The lowest BCUT2D eigenvalue weighted by molar-refractivity contribution is 0.146. The van der Waals surface area contributed by atoms with Gasteiger partial charge in [0.25, 0.3) is 0 Å². The van der Waals surface area contributed by atoms with Gasteiger partial charge in [-0.2, -0.15) is 5.26 Å². The van der Waals surface area contributed by atoms with Gasteiger partial charge in [0.2, 0.25) is 0 Å². The lowest BCUT2D eigenvalue weighted by Gasteiger charge is -2.10. The molecule has 1 aromatic carbocycles. The van der Waals surface area contributed by atoms with Crippen molar-refractivity contribution in [3.63, 3.8) is 0 Å². The summed E-state index contributed by atoms with van der Waals surface area (Å²) in [6.07, 6.45) is 0. The van der Waals surface area contributed by atoms with Crippen LogP contribution in [-0.4, -0.2) is 20.3 Å². The molecule has 86 valence electrons. The van der Waals surface area contributed by atoms with Crippen molar-refractivity contribution in [2.45, 2.75) is 19.8 Å². The minimum atomic E-state index is 0.350. The maximum absolute atomic E-state index is 9.03. The van der Waals surface area contributed by atoms with Gasteiger partial charge in [0, 0.05) is 7.11 Å². The smallest absolute Gasteiger partial charge is 0.120 e. The average molecular weight is 219 g/mol. The summed E-state index contributed by atoms with van der Waals surface area (Å²) >= 11 is 0. The third-order valence-electron chi connectivity index (χ3n) is 2.32. The summed E-state index contributed by atoms with van der Waals surface area (Å²) < 4.78 is 10.3. The number of benzene rings is 1. The van der Waals surface area contributed by atoms with E-state index in [1.807, 2.05) is 12.1 Å². The molecular formula is C13H17NO2. The van der Waals surface area contributed by atoms with Crippen molar-refractivity contribution in [1.82, 2.24) is 0 Å². The van der Waals surface area contributed by atoms with Gasteiger partial charge >= 0.3 is 0 Å². The molecule has 0 unspecified atom stereocenters. The molecule has 0 heterocycles. The largest absolute Gasteiger partial charge is 0.491 e. The molecule has 0 spiro atoms. The fourth-order valence-corrected chi connectivity index (χ4v) is 1.47. The highest BCUT2D eigenvalue weighted by molar-refractivity contribution is 5.44. The van der Waals surface area contributed by atoms with Crippen LogP contribution < -0.4 is 4.74 Å². The second-order valence-corrected chi connectivity index (χ2v) is 3.86. The van der Waals surface area contributed by atoms with Crippen molar-refractivity contribution in [1.29, 1.82) is 5.26 Å². The summed E-state index contributed by atoms with van der Waals surface area (Å²) in [6, 6.07) is 7.82. The van der Waals surface area contributed by atoms with Crippen molar-refractivity contribution in [3.05, 3.63) is 29.3 Å². The third-order valence-corrected chi connectivity index (χ3v) is 2.32. The molecule has 0 amide bonds. The molecule has 0 radical (unpaired) electrons. The number of nitriles is 1. The zero-order valence-corrected chi connectivity index (χ0v) is 9.99. The van der Waals surface area contributed by atoms with Crippen molar-refractivity contribution in [2.24, 2.45) is 0 Å². The first-order chi connectivity index (χ1) is 7.69. The van der Waals surface area contributed by atoms with Crippen molar-refractivity contribution < 1.29 is 9.47 Å². The van der Waals surface area contributed by atoms with E-state index in [1.165, 1.54) is 0 Å². The molecule has 3 nitrogen and oxygen atoms in total. The van der Waals surface area contributed by atoms with Gasteiger partial charge in [0.15, 0.2) is 0 Å². The third kappa shape index (κ3) is 3.25. The minimum Gasteiger partial charge on any atom is -0.491 e. The van der Waals surface area contributed by atoms with Crippen LogP contribution in [0.5, 0.6) is 5.75 Å². The molecule has 0 fully saturated rings. The van der Waals surface area contributed by atoms with E-state index in [0.29, 0.717) is 24.7 Å². The molecule has 1 aromatic rings. The zero-order chi connectivity index (χ0) is 12.0. The first-order valence-corrected chi connectivity index (χ1v) is 5.34. The van der Waals surface area contributed by atoms with Crippen LogP contribution >= 0.6 is 0 Å². The maximum atomic E-state index is 9.03. The molecular weight excluding hydrogens is 202 g/mol. The van der Waals surface area contributed by atoms with Crippen LogP contribution in [0.4, 0.5) is 0 Å². The summed E-state index contributed by atoms with van der Waals surface area (Å²) in [5.41, 5.74) is 1.74. The first kappa shape index (κ1) is 12.5. The normalized spacial score (nSPS) is 10.2. The highest BCUT2D eigenvalue weighted by Gasteiger charge is 2.07. The maximum Gasteiger partial charge on any atom is 0.120 e. The fraction of sp³-hybridized carbons (Fsp3) is 0.462. The Kier molecular flexibility index (Phi) is 4.81. The lowest BCUT2D eigenvalue weighted by atomic mass is 9.98. The van der Waals surface area contributed by atoms with Crippen LogP contribution in [0.2, 0.25) is 0 Å². The predicted molar refractivity (Wildman–Crippen MR) is 62.6 cm³/mol. The van der Waals surface area contributed by atoms with Crippen molar-refractivity contribution >= 4 is 0 Å². The van der Waals surface area contributed by atoms with Gasteiger partial charge in [-0.3, -0.25) is 0 Å². The fourth-order valence-electron chi connectivity index (χ4n) is 1.47. The van der Waals surface area contributed by atoms with Gasteiger partial charge in [-0.25, -0.2) is 0 Å². The molecule has 1 rings (SSSR count). The quantitative estimate of drug-likeness (QED) is 0.715. The van der Waals surface area contributed by atoms with Crippen LogP contribution in [0, 0.1) is 11.3 Å². The van der Waals surface area contributed by atoms with Crippen LogP contribution in [0.15, 0.2) is 18.2 Å². The number of rotatable bonds is 5. The van der Waals surface area contributed by atoms with Crippen LogP contribution in [0.25, 0.3) is 0 Å². The average Bonchev–Trinajstić information content (AvgIpc) is 2.29. The van der Waals surface area contributed by atoms with E-state index < -0.39 is 0 Å². The van der Waals surface area contributed by atoms with Gasteiger partial charge in [0.1, 0.15) is 12.4 Å². The molecule has 0 aliphatic heterocycles. The van der Waals surface area contributed by atoms with Gasteiger partial charge in [-0.05, 0) is 23.6 Å². The SMILES string of the molecule is COCCOc1ccc(C(C)C)c(C#N)c1. The van der Waals surface area contributed by atoms with E-state index in [9.17, 15) is 0 Å². The van der Waals surface area contributed by atoms with E-state index >= 15 is 0 Å². The molecule has 3 heteroatoms. The van der Waals surface area contributed by atoms with E-state index in [4.69, 9.17) is 14.7 Å². The highest BCUT2D eigenvalue weighted by atomic mass is 16.5. The lowest BCUT2D eigenvalue weighted by Crippen LogP contribution is -2.04. The van der Waals surface area contributed by atoms with Gasteiger partial charge in [0.05, 0.1) is 18.2 Å². The topological polar surface area (TPSA) is 42.2 Å². The molecule has 0 bridgehead atoms. The Hall–Kier alpha value is -1.53. The van der Waals surface area contributed by atoms with E-state index in [2.05, 4.69) is 19.9 Å². The number of ether oxygens (including phenoxy) is 2. The summed E-state index contributed by atoms with van der Waals surface area (Å²) in [4.78, 5) is 0. The molecule has 0 saturated carbocycles. The molecule has 0 saturated heterocycles. The Balaban J connectivity index is 2.80. The zero-order valence-electron chi connectivity index (χ0n) is 9.99. The molecule has 16 heavy (non-hydrogen) atoms. The van der Waals surface area contributed by atoms with E-state index in [-0.39, 0.29) is 0 Å². The molecule has 0 atom stereocenters. The Morgan fingerprint density at radius 3 is 2.62 bits per heavy atom. The second-order valence-electron chi connectivity index (χ2n) is 3.86. The Bertz CT molecular complexity index is 380. The number of nitrogens with zero attached hydrogens (tertiary/aromatic N) is 1. The van der Waals surface area contributed by atoms with Gasteiger partial charge in [-0.1, -0.05) is 19.9 Å². The highest BCUT2D eigenvalue weighted by Crippen LogP contribution is 2.23. The van der Waals surface area contributed by atoms with Crippen LogP contribution in [-0.2, 0) is 4.74 Å². The van der Waals surface area contributed by atoms with Crippen LogP contribution in [0.1, 0.15) is 30.9 Å².